The van der Waals surface area contributed by atoms with Crippen LogP contribution in [0.4, 0.5) is 4.39 Å². The molecule has 4 heterocycles. The number of nitrogens with one attached hydrogen (secondary N) is 6. The summed E-state index contributed by atoms with van der Waals surface area (Å²) in [6, 6.07) is 23.5. The summed E-state index contributed by atoms with van der Waals surface area (Å²) in [6.07, 6.45) is 7.19. The Bertz CT molecular complexity index is 3340. The fourth-order valence-corrected chi connectivity index (χ4v) is 11.9. The van der Waals surface area contributed by atoms with E-state index in [1.807, 2.05) is 60.2 Å². The summed E-state index contributed by atoms with van der Waals surface area (Å²) in [5, 5.41) is 17.5. The largest absolute Gasteiger partial charge is 0.497 e. The first-order valence-corrected chi connectivity index (χ1v) is 31.6. The number of aromatic nitrogens is 1. The molecule has 4 aromatic carbocycles. The summed E-state index contributed by atoms with van der Waals surface area (Å²) in [7, 11) is 3.18. The van der Waals surface area contributed by atoms with Gasteiger partial charge >= 0.3 is 0 Å². The maximum Gasteiger partial charge on any atom is 0.246 e. The molecule has 1 saturated heterocycles. The quantitative estimate of drug-likeness (QED) is 0.0954. The van der Waals surface area contributed by atoms with Crippen LogP contribution in [0.25, 0.3) is 10.9 Å². The minimum absolute atomic E-state index is 0.0141. The van der Waals surface area contributed by atoms with E-state index < -0.39 is 65.8 Å². The van der Waals surface area contributed by atoms with Crippen molar-refractivity contribution in [1.82, 2.24) is 51.2 Å². The zero-order valence-electron chi connectivity index (χ0n) is 52.7. The highest BCUT2D eigenvalue weighted by Crippen LogP contribution is 2.31. The van der Waals surface area contributed by atoms with Crippen molar-refractivity contribution in [1.29, 1.82) is 0 Å². The number of rotatable bonds is 12. The van der Waals surface area contributed by atoms with Crippen LogP contribution in [0.5, 0.6) is 5.75 Å². The molecule has 9 amide bonds. The standard InChI is InChI=1S/C68H87FN10O12/c1-46-24-32-76(3)65(86)58-38-52-43-77(59-22-19-53(69)39-55(52)59)29-7-5-6-8-30-78(63(84)26-34-90-33-25-60(81)72-41-61(82)74-56(64(85)75-58)37-50-11-9-12-51(35-50)40-71-62(83)44-91-46)42-49-15-13-47(14-16-49)23-28-70-67(88)68(2)27-10-31-79(68)66(87)57(73-45-80)36-48-17-20-54(89-4)21-18-48/h9,11-22,35,39,43,45-46,56-58H,5-8,10,23-34,36-38,40-42,44H2,1-4H3,(H,70,88)(H,71,83)(H,72,81)(H,73,80)(H,74,82)(H,75,85)/t46-,56+,57+,58+,68+/m1/s1. The molecule has 5 aromatic rings. The van der Waals surface area contributed by atoms with Gasteiger partial charge in [0, 0.05) is 95.6 Å². The van der Waals surface area contributed by atoms with Gasteiger partial charge in [-0.05, 0) is 116 Å². The predicted octanol–water partition coefficient (Wildman–Crippen LogP) is 4.34. The molecule has 0 saturated carbocycles. The molecule has 3 aliphatic rings. The van der Waals surface area contributed by atoms with Gasteiger partial charge in [0.1, 0.15) is 41.8 Å². The molecule has 0 spiro atoms. The Labute approximate surface area is 531 Å². The number of hydrogen-bond donors (Lipinski definition) is 6. The molecule has 0 radical (unpaired) electrons. The van der Waals surface area contributed by atoms with E-state index in [0.717, 1.165) is 47.0 Å². The van der Waals surface area contributed by atoms with Crippen LogP contribution in [0, 0.1) is 5.82 Å². The van der Waals surface area contributed by atoms with Crippen LogP contribution >= 0.6 is 0 Å². The fraction of sp³-hybridized carbons (Fsp3) is 0.485. The Morgan fingerprint density at radius 2 is 1.51 bits per heavy atom. The molecule has 0 aliphatic carbocycles. The molecule has 3 aliphatic heterocycles. The third-order valence-corrected chi connectivity index (χ3v) is 17.3. The van der Waals surface area contributed by atoms with Crippen molar-refractivity contribution < 1.29 is 61.8 Å². The van der Waals surface area contributed by atoms with Gasteiger partial charge in [0.15, 0.2) is 0 Å². The smallest absolute Gasteiger partial charge is 0.246 e. The van der Waals surface area contributed by atoms with Crippen molar-refractivity contribution in [3.8, 4) is 5.75 Å². The molecule has 8 rings (SSSR count). The average Bonchev–Trinajstić information content (AvgIpc) is 1.80. The third kappa shape index (κ3) is 19.7. The van der Waals surface area contributed by atoms with Crippen molar-refractivity contribution in [2.75, 3.05) is 66.7 Å². The Kier molecular flexibility index (Phi) is 25.0. The number of likely N-dealkylation sites (N-methyl/N-ethyl adjacent to an activating group) is 1. The van der Waals surface area contributed by atoms with Crippen molar-refractivity contribution in [2.45, 2.75) is 147 Å². The maximum absolute atomic E-state index is 15.2. The number of fused-ring (bicyclic) bond motifs is 10. The van der Waals surface area contributed by atoms with Crippen molar-refractivity contribution in [3.05, 3.63) is 136 Å². The Morgan fingerprint density at radius 1 is 0.780 bits per heavy atom. The lowest BCUT2D eigenvalue weighted by atomic mass is 9.95. The van der Waals surface area contributed by atoms with E-state index in [4.69, 9.17) is 14.2 Å². The summed E-state index contributed by atoms with van der Waals surface area (Å²) in [6.45, 7) is 5.38. The lowest BCUT2D eigenvalue weighted by Crippen LogP contribution is -2.59. The number of hydrogen-bond acceptors (Lipinski definition) is 12. The van der Waals surface area contributed by atoms with Gasteiger partial charge in [0.25, 0.3) is 0 Å². The lowest BCUT2D eigenvalue weighted by Gasteiger charge is -2.36. The topological polar surface area (TPSA) is 268 Å². The predicted molar refractivity (Wildman–Crippen MR) is 338 cm³/mol. The van der Waals surface area contributed by atoms with Gasteiger partial charge in [-0.1, -0.05) is 73.5 Å². The minimum atomic E-state index is -1.23. The molecular weight excluding hydrogens is 1170 g/mol. The highest BCUT2D eigenvalue weighted by molar-refractivity contribution is 5.95. The number of amides is 9. The number of methoxy groups -OCH3 is 1. The monoisotopic (exact) mass is 1250 g/mol. The first kappa shape index (κ1) is 68.2. The average molecular weight is 1260 g/mol. The van der Waals surface area contributed by atoms with Crippen molar-refractivity contribution >= 4 is 64.6 Å². The molecule has 6 N–H and O–H groups in total. The number of nitrogens with zero attached hydrogens (tertiary/aromatic N) is 4. The van der Waals surface area contributed by atoms with E-state index in [9.17, 15) is 43.2 Å². The second-order valence-electron chi connectivity index (χ2n) is 24.1. The molecule has 1 aromatic heterocycles. The zero-order chi connectivity index (χ0) is 64.9. The highest BCUT2D eigenvalue weighted by Gasteiger charge is 2.47. The van der Waals surface area contributed by atoms with E-state index >= 15 is 4.39 Å². The molecule has 1 fully saturated rings. The van der Waals surface area contributed by atoms with Gasteiger partial charge in [-0.25, -0.2) is 4.39 Å². The van der Waals surface area contributed by atoms with Crippen molar-refractivity contribution in [2.24, 2.45) is 0 Å². The van der Waals surface area contributed by atoms with E-state index in [1.54, 1.807) is 67.3 Å². The van der Waals surface area contributed by atoms with Gasteiger partial charge < -0.3 is 65.4 Å². The van der Waals surface area contributed by atoms with Gasteiger partial charge in [0.05, 0.1) is 39.4 Å². The van der Waals surface area contributed by atoms with Crippen LogP contribution < -0.4 is 36.6 Å². The van der Waals surface area contributed by atoms with Crippen LogP contribution in [0.3, 0.4) is 0 Å². The molecule has 23 heteroatoms. The number of carbonyl (C=O) groups is 9. The first-order valence-electron chi connectivity index (χ1n) is 31.6. The Balaban J connectivity index is 0.931. The van der Waals surface area contributed by atoms with E-state index in [1.165, 1.54) is 17.0 Å². The first-order chi connectivity index (χ1) is 43.9. The lowest BCUT2D eigenvalue weighted by molar-refractivity contribution is -0.145. The highest BCUT2D eigenvalue weighted by atomic mass is 19.1. The third-order valence-electron chi connectivity index (χ3n) is 17.3. The van der Waals surface area contributed by atoms with Crippen LogP contribution in [-0.4, -0.2) is 169 Å². The van der Waals surface area contributed by atoms with Crippen molar-refractivity contribution in [3.63, 3.8) is 0 Å². The molecule has 0 unspecified atom stereocenters. The summed E-state index contributed by atoms with van der Waals surface area (Å²) in [4.78, 5) is 127. The summed E-state index contributed by atoms with van der Waals surface area (Å²) >= 11 is 0. The van der Waals surface area contributed by atoms with E-state index in [2.05, 4.69) is 31.9 Å². The number of halogens is 1. The number of aryl methyl sites for hydroxylation is 1. The van der Waals surface area contributed by atoms with Gasteiger partial charge in [-0.15, -0.1) is 0 Å². The summed E-state index contributed by atoms with van der Waals surface area (Å²) in [5.74, 6) is -3.12. The molecule has 22 nitrogen and oxygen atoms in total. The molecule has 5 atom stereocenters. The molecule has 488 valence electrons. The van der Waals surface area contributed by atoms with Crippen LogP contribution in [-0.2, 0) is 97.9 Å². The SMILES string of the molecule is COc1ccc(C[C@H](NC=O)C(=O)N2CCC[C@@]2(C)C(=O)NCCc2ccc(CN3CCCCCCn4cc(c5cc(F)ccc54)C[C@@H]4NC(=O)[C@H](Cc5cccc(c5)CNC(=O)CO[C@H](C)CCN(C)C4=O)NC(=O)CNC(=O)CCOCCC3=O)cc2)cc1. The number of benzene rings is 4. The second kappa shape index (κ2) is 33.4. The van der Waals surface area contributed by atoms with Gasteiger partial charge in [-0.3, -0.25) is 43.2 Å². The Morgan fingerprint density at radius 3 is 2.27 bits per heavy atom. The van der Waals surface area contributed by atoms with E-state index in [-0.39, 0.29) is 88.6 Å². The fourth-order valence-electron chi connectivity index (χ4n) is 11.9. The Hall–Kier alpha value is -8.70. The molecular formula is C68H87FN10O12. The van der Waals surface area contributed by atoms with Gasteiger partial charge in [-0.2, -0.15) is 0 Å². The van der Waals surface area contributed by atoms with Gasteiger partial charge in [0.2, 0.25) is 53.7 Å². The molecule has 6 bridgehead atoms. The van der Waals surface area contributed by atoms with Crippen LogP contribution in [0.15, 0.2) is 97.2 Å². The van der Waals surface area contributed by atoms with E-state index in [0.29, 0.717) is 93.5 Å². The van der Waals surface area contributed by atoms with Crippen LogP contribution in [0.1, 0.15) is 105 Å². The number of ether oxygens (including phenoxy) is 3. The maximum atomic E-state index is 15.2. The number of carbonyl (C=O) groups excluding carboxylic acids is 9. The summed E-state index contributed by atoms with van der Waals surface area (Å²) < 4.78 is 34.1. The minimum Gasteiger partial charge on any atom is -0.497 e. The normalized spacial score (nSPS) is 21.5. The number of likely N-dealkylation sites (tertiary alicyclic amines) is 1. The zero-order valence-corrected chi connectivity index (χ0v) is 52.7. The molecule has 91 heavy (non-hydrogen) atoms. The summed E-state index contributed by atoms with van der Waals surface area (Å²) in [5.41, 5.74) is 4.34. The van der Waals surface area contributed by atoms with Crippen LogP contribution in [0.2, 0.25) is 0 Å². The second-order valence-corrected chi connectivity index (χ2v) is 24.1.